The third-order valence-corrected chi connectivity index (χ3v) is 3.48. The zero-order valence-electron chi connectivity index (χ0n) is 13.9. The number of aliphatic carboxylic acids is 1. The lowest BCUT2D eigenvalue weighted by Gasteiger charge is -2.17. The Kier molecular flexibility index (Phi) is 11.1. The molecule has 0 saturated carbocycles. The number of hydrogen-bond donors (Lipinski definition) is 2. The Morgan fingerprint density at radius 3 is 2.41 bits per heavy atom. The molecular weight excluding hydrogens is 286 g/mol. The van der Waals surface area contributed by atoms with Gasteiger partial charge in [0, 0.05) is 6.54 Å². The second-order valence-corrected chi connectivity index (χ2v) is 5.62. The summed E-state index contributed by atoms with van der Waals surface area (Å²) >= 11 is 0. The normalized spacial score (nSPS) is 13.2. The SMILES string of the molecule is CCCC[C@@H](CC)CNC(=O)C[C@H](C)OC(=O)CCC(=O)O. The van der Waals surface area contributed by atoms with Gasteiger partial charge in [-0.1, -0.05) is 33.1 Å². The molecule has 0 aliphatic heterocycles. The molecule has 0 spiro atoms. The Hall–Kier alpha value is -1.59. The molecular formula is C16H29NO5. The fourth-order valence-electron chi connectivity index (χ4n) is 2.07. The largest absolute Gasteiger partial charge is 0.481 e. The van der Waals surface area contributed by atoms with Gasteiger partial charge in [0.05, 0.1) is 19.3 Å². The van der Waals surface area contributed by atoms with Crippen molar-refractivity contribution in [1.82, 2.24) is 5.32 Å². The minimum atomic E-state index is -1.04. The number of unbranched alkanes of at least 4 members (excludes halogenated alkanes) is 1. The van der Waals surface area contributed by atoms with Crippen LogP contribution in [0.1, 0.15) is 65.7 Å². The van der Waals surface area contributed by atoms with Crippen LogP contribution < -0.4 is 5.32 Å². The molecule has 6 nitrogen and oxygen atoms in total. The summed E-state index contributed by atoms with van der Waals surface area (Å²) in [7, 11) is 0. The summed E-state index contributed by atoms with van der Waals surface area (Å²) in [5.41, 5.74) is 0. The lowest BCUT2D eigenvalue weighted by molar-refractivity contribution is -0.152. The van der Waals surface area contributed by atoms with Crippen molar-refractivity contribution >= 4 is 17.8 Å². The smallest absolute Gasteiger partial charge is 0.306 e. The Morgan fingerprint density at radius 2 is 1.86 bits per heavy atom. The zero-order valence-corrected chi connectivity index (χ0v) is 13.9. The molecule has 2 atom stereocenters. The first kappa shape index (κ1) is 20.4. The summed E-state index contributed by atoms with van der Waals surface area (Å²) < 4.78 is 5.01. The number of carboxylic acids is 1. The molecule has 0 aliphatic carbocycles. The molecule has 22 heavy (non-hydrogen) atoms. The maximum atomic E-state index is 11.8. The average molecular weight is 315 g/mol. The minimum Gasteiger partial charge on any atom is -0.481 e. The van der Waals surface area contributed by atoms with Gasteiger partial charge in [0.15, 0.2) is 0 Å². The quantitative estimate of drug-likeness (QED) is 0.540. The number of carbonyl (C=O) groups is 3. The van der Waals surface area contributed by atoms with Gasteiger partial charge in [0.2, 0.25) is 5.91 Å². The van der Waals surface area contributed by atoms with E-state index in [1.807, 2.05) is 0 Å². The van der Waals surface area contributed by atoms with E-state index in [2.05, 4.69) is 19.2 Å². The highest BCUT2D eigenvalue weighted by Gasteiger charge is 2.15. The van der Waals surface area contributed by atoms with Crippen LogP contribution in [0.25, 0.3) is 0 Å². The van der Waals surface area contributed by atoms with Gasteiger partial charge in [-0.2, -0.15) is 0 Å². The van der Waals surface area contributed by atoms with Crippen molar-refractivity contribution in [2.24, 2.45) is 5.92 Å². The molecule has 0 rings (SSSR count). The van der Waals surface area contributed by atoms with E-state index in [0.29, 0.717) is 12.5 Å². The number of hydrogen-bond acceptors (Lipinski definition) is 4. The van der Waals surface area contributed by atoms with Crippen LogP contribution in [0.2, 0.25) is 0 Å². The molecule has 0 saturated heterocycles. The summed E-state index contributed by atoms with van der Waals surface area (Å²) in [6.07, 6.45) is 3.57. The van der Waals surface area contributed by atoms with Gasteiger partial charge >= 0.3 is 11.9 Å². The summed E-state index contributed by atoms with van der Waals surface area (Å²) in [4.78, 5) is 33.5. The van der Waals surface area contributed by atoms with Crippen molar-refractivity contribution in [3.8, 4) is 0 Å². The van der Waals surface area contributed by atoms with E-state index in [-0.39, 0.29) is 25.2 Å². The van der Waals surface area contributed by atoms with Crippen molar-refractivity contribution in [1.29, 1.82) is 0 Å². The molecule has 0 radical (unpaired) electrons. The summed E-state index contributed by atoms with van der Waals surface area (Å²) in [6, 6.07) is 0. The van der Waals surface area contributed by atoms with Crippen LogP contribution in [-0.4, -0.2) is 35.6 Å². The highest BCUT2D eigenvalue weighted by molar-refractivity contribution is 5.78. The summed E-state index contributed by atoms with van der Waals surface area (Å²) in [5.74, 6) is -1.29. The molecule has 1 amide bonds. The summed E-state index contributed by atoms with van der Waals surface area (Å²) in [5, 5.41) is 11.3. The maximum absolute atomic E-state index is 11.8. The van der Waals surface area contributed by atoms with Crippen LogP contribution in [-0.2, 0) is 19.1 Å². The van der Waals surface area contributed by atoms with Gasteiger partial charge in [-0.05, 0) is 19.3 Å². The fraction of sp³-hybridized carbons (Fsp3) is 0.812. The Balaban J connectivity index is 3.94. The van der Waals surface area contributed by atoms with Gasteiger partial charge in [-0.15, -0.1) is 0 Å². The van der Waals surface area contributed by atoms with Crippen LogP contribution in [0.5, 0.6) is 0 Å². The Bertz CT molecular complexity index is 356. The van der Waals surface area contributed by atoms with E-state index in [1.165, 1.54) is 0 Å². The second-order valence-electron chi connectivity index (χ2n) is 5.62. The molecule has 6 heteroatoms. The number of esters is 1. The van der Waals surface area contributed by atoms with Gasteiger partial charge in [0.25, 0.3) is 0 Å². The lowest BCUT2D eigenvalue weighted by Crippen LogP contribution is -2.32. The third-order valence-electron chi connectivity index (χ3n) is 3.48. The molecule has 0 heterocycles. The van der Waals surface area contributed by atoms with Crippen LogP contribution in [0.4, 0.5) is 0 Å². The average Bonchev–Trinajstić information content (AvgIpc) is 2.45. The second kappa shape index (κ2) is 12.0. The Morgan fingerprint density at radius 1 is 1.18 bits per heavy atom. The topological polar surface area (TPSA) is 92.7 Å². The predicted octanol–water partition coefficient (Wildman–Crippen LogP) is 2.51. The van der Waals surface area contributed by atoms with Gasteiger partial charge in [-0.25, -0.2) is 0 Å². The molecule has 0 aromatic carbocycles. The van der Waals surface area contributed by atoms with Crippen LogP contribution in [0.3, 0.4) is 0 Å². The molecule has 0 bridgehead atoms. The highest BCUT2D eigenvalue weighted by Crippen LogP contribution is 2.11. The van der Waals surface area contributed by atoms with Gasteiger partial charge in [-0.3, -0.25) is 14.4 Å². The van der Waals surface area contributed by atoms with Crippen LogP contribution in [0.15, 0.2) is 0 Å². The van der Waals surface area contributed by atoms with Crippen LogP contribution in [0, 0.1) is 5.92 Å². The Labute approximate surface area is 132 Å². The molecule has 0 unspecified atom stereocenters. The van der Waals surface area contributed by atoms with E-state index in [9.17, 15) is 14.4 Å². The maximum Gasteiger partial charge on any atom is 0.306 e. The first-order valence-corrected chi connectivity index (χ1v) is 8.06. The number of carboxylic acid groups (broad SMARTS) is 1. The van der Waals surface area contributed by atoms with Gasteiger partial charge < -0.3 is 15.2 Å². The third kappa shape index (κ3) is 11.1. The molecule has 0 fully saturated rings. The van der Waals surface area contributed by atoms with Crippen molar-refractivity contribution in [3.05, 3.63) is 0 Å². The highest BCUT2D eigenvalue weighted by atomic mass is 16.5. The molecule has 0 aromatic heterocycles. The van der Waals surface area contributed by atoms with Gasteiger partial charge in [0.1, 0.15) is 6.10 Å². The number of ether oxygens (including phenoxy) is 1. The van der Waals surface area contributed by atoms with Crippen molar-refractivity contribution in [2.75, 3.05) is 6.54 Å². The van der Waals surface area contributed by atoms with E-state index in [1.54, 1.807) is 6.92 Å². The molecule has 0 aliphatic rings. The van der Waals surface area contributed by atoms with Crippen molar-refractivity contribution < 1.29 is 24.2 Å². The van der Waals surface area contributed by atoms with Crippen molar-refractivity contribution in [3.63, 3.8) is 0 Å². The number of nitrogens with one attached hydrogen (secondary N) is 1. The number of carbonyl (C=O) groups excluding carboxylic acids is 2. The molecule has 2 N–H and O–H groups in total. The van der Waals surface area contributed by atoms with Crippen molar-refractivity contribution in [2.45, 2.75) is 71.8 Å². The standard InChI is InChI=1S/C16H29NO5/c1-4-6-7-13(5-2)11-17-14(18)10-12(3)22-16(21)9-8-15(19)20/h12-13H,4-11H2,1-3H3,(H,17,18)(H,19,20)/t12-,13+/m0/s1. The monoisotopic (exact) mass is 315 g/mol. The van der Waals surface area contributed by atoms with E-state index in [0.717, 1.165) is 25.7 Å². The lowest BCUT2D eigenvalue weighted by atomic mass is 9.99. The number of rotatable bonds is 12. The molecule has 0 aromatic rings. The van der Waals surface area contributed by atoms with E-state index in [4.69, 9.17) is 9.84 Å². The first-order chi connectivity index (χ1) is 10.4. The predicted molar refractivity (Wildman–Crippen MR) is 83.4 cm³/mol. The zero-order chi connectivity index (χ0) is 17.0. The fourth-order valence-corrected chi connectivity index (χ4v) is 2.07. The minimum absolute atomic E-state index is 0.100. The summed E-state index contributed by atoms with van der Waals surface area (Å²) in [6.45, 7) is 6.53. The number of amides is 1. The molecule has 128 valence electrons. The van der Waals surface area contributed by atoms with Crippen LogP contribution >= 0.6 is 0 Å². The van der Waals surface area contributed by atoms with E-state index < -0.39 is 18.0 Å². The first-order valence-electron chi connectivity index (χ1n) is 8.06. The van der Waals surface area contributed by atoms with E-state index >= 15 is 0 Å².